The second-order valence-corrected chi connectivity index (χ2v) is 20.9. The standard InChI is InChI=1S/C19H16.C17H12.C14H14.2C13H12.C3H8/c1-2-6-13-11-12-18-16-8-4-3-7-15(16)17-10-5-9-14(13)19(17)18;1-11-9-10-16-14-6-3-2-5-13(14)15-8-4-7-12(11)17(15)16;1-11-3-7-13(8-4-11)14-9-5-12(2)6-10-14;2*1-11-6-5-9-13(10-11)12-7-3-2-4-8-12;1-3-2/h3-5,7-12H,2,6H2,1H3;2-10H,1H3;3-10H,1-2H3;2*2-10H,1H3;3H2,1-2H3. The van der Waals surface area contributed by atoms with E-state index in [1.165, 1.54) is 146 Å². The summed E-state index contributed by atoms with van der Waals surface area (Å²) in [6, 6.07) is 95.2. The highest BCUT2D eigenvalue weighted by Crippen LogP contribution is 2.49. The Balaban J connectivity index is 0.000000119. The van der Waals surface area contributed by atoms with Crippen LogP contribution in [0.25, 0.3) is 99.4 Å². The molecule has 0 unspecified atom stereocenters. The Morgan fingerprint density at radius 3 is 0.987 bits per heavy atom. The van der Waals surface area contributed by atoms with Crippen LogP contribution in [0.5, 0.6) is 0 Å². The fourth-order valence-corrected chi connectivity index (χ4v) is 10.7. The van der Waals surface area contributed by atoms with Gasteiger partial charge in [-0.15, -0.1) is 0 Å². The fourth-order valence-electron chi connectivity index (χ4n) is 10.7. The van der Waals surface area contributed by atoms with Gasteiger partial charge in [0.1, 0.15) is 0 Å². The zero-order valence-corrected chi connectivity index (χ0v) is 47.5. The molecular formula is C79H74. The average molecular weight is 1020 g/mol. The van der Waals surface area contributed by atoms with Crippen molar-refractivity contribution in [1.29, 1.82) is 0 Å². The molecule has 0 N–H and O–H groups in total. The average Bonchev–Trinajstić information content (AvgIpc) is 4.17. The number of rotatable bonds is 5. The largest absolute Gasteiger partial charge is 0.0656 e. The van der Waals surface area contributed by atoms with Crippen LogP contribution in [0.2, 0.25) is 0 Å². The summed E-state index contributed by atoms with van der Waals surface area (Å²) in [5, 5.41) is 5.70. The Bertz CT molecular complexity index is 3730. The van der Waals surface area contributed by atoms with Crippen molar-refractivity contribution < 1.29 is 0 Å². The highest BCUT2D eigenvalue weighted by atomic mass is 14.3. The zero-order valence-electron chi connectivity index (χ0n) is 47.5. The van der Waals surface area contributed by atoms with E-state index in [4.69, 9.17) is 0 Å². The van der Waals surface area contributed by atoms with Gasteiger partial charge in [-0.1, -0.05) is 323 Å². The Morgan fingerprint density at radius 1 is 0.241 bits per heavy atom. The summed E-state index contributed by atoms with van der Waals surface area (Å²) >= 11 is 0. The molecule has 0 radical (unpaired) electrons. The third-order valence-electron chi connectivity index (χ3n) is 14.6. The van der Waals surface area contributed by atoms with E-state index in [0.717, 1.165) is 6.42 Å². The minimum Gasteiger partial charge on any atom is -0.0656 e. The van der Waals surface area contributed by atoms with Gasteiger partial charge in [0.25, 0.3) is 0 Å². The first-order chi connectivity index (χ1) is 38.6. The van der Waals surface area contributed by atoms with Crippen LogP contribution in [0.4, 0.5) is 0 Å². The van der Waals surface area contributed by atoms with Crippen molar-refractivity contribution >= 4 is 21.5 Å². The van der Waals surface area contributed by atoms with Crippen molar-refractivity contribution in [2.75, 3.05) is 0 Å². The maximum Gasteiger partial charge on any atom is -0.00236 e. The van der Waals surface area contributed by atoms with Gasteiger partial charge < -0.3 is 0 Å². The van der Waals surface area contributed by atoms with Crippen LogP contribution in [-0.2, 0) is 6.42 Å². The first kappa shape index (κ1) is 54.9. The summed E-state index contributed by atoms with van der Waals surface area (Å²) in [7, 11) is 0. The van der Waals surface area contributed by atoms with Crippen molar-refractivity contribution in [3.63, 3.8) is 0 Å². The van der Waals surface area contributed by atoms with Gasteiger partial charge in [-0.2, -0.15) is 0 Å². The molecule has 0 atom stereocenters. The SMILES string of the molecule is CCC.CCCc1ccc2c3c(cccc13)-c1ccccc1-2.Cc1ccc(-c2ccc(C)cc2)cc1.Cc1ccc2c3c(cccc13)-c1ccccc1-2.Cc1cccc(-c2ccccc2)c1.Cc1cccc(-c2ccccc2)c1. The quantitative estimate of drug-likeness (QED) is 0.161. The molecule has 0 saturated heterocycles. The minimum absolute atomic E-state index is 1.16. The predicted octanol–water partition coefficient (Wildman–Crippen LogP) is 22.9. The number of hydrogen-bond acceptors (Lipinski definition) is 0. The molecule has 390 valence electrons. The van der Waals surface area contributed by atoms with E-state index in [1.54, 1.807) is 0 Å². The van der Waals surface area contributed by atoms with E-state index >= 15 is 0 Å². The topological polar surface area (TPSA) is 0 Å². The molecule has 12 aromatic rings. The van der Waals surface area contributed by atoms with E-state index in [0.29, 0.717) is 0 Å². The molecule has 0 saturated carbocycles. The zero-order chi connectivity index (χ0) is 55.1. The van der Waals surface area contributed by atoms with Crippen LogP contribution >= 0.6 is 0 Å². The smallest absolute Gasteiger partial charge is 0.00236 e. The molecule has 14 rings (SSSR count). The van der Waals surface area contributed by atoms with Crippen molar-refractivity contribution in [2.45, 2.75) is 74.7 Å². The molecule has 2 aliphatic rings. The third-order valence-corrected chi connectivity index (χ3v) is 14.6. The predicted molar refractivity (Wildman–Crippen MR) is 346 cm³/mol. The molecule has 0 nitrogen and oxygen atoms in total. The van der Waals surface area contributed by atoms with Crippen molar-refractivity contribution in [3.05, 3.63) is 300 Å². The molecule has 0 fully saturated rings. The molecular weight excluding hydrogens is 949 g/mol. The van der Waals surface area contributed by atoms with E-state index in [-0.39, 0.29) is 0 Å². The van der Waals surface area contributed by atoms with E-state index in [1.807, 2.05) is 12.1 Å². The van der Waals surface area contributed by atoms with Crippen molar-refractivity contribution in [3.8, 4) is 77.9 Å². The highest BCUT2D eigenvalue weighted by Gasteiger charge is 2.22. The van der Waals surface area contributed by atoms with Gasteiger partial charge in [0, 0.05) is 0 Å². The van der Waals surface area contributed by atoms with Crippen LogP contribution in [0.3, 0.4) is 0 Å². The maximum atomic E-state index is 2.31. The molecule has 0 heterocycles. The second-order valence-electron chi connectivity index (χ2n) is 20.9. The lowest BCUT2D eigenvalue weighted by Crippen LogP contribution is -1.86. The number of fused-ring (bicyclic) bond motifs is 6. The van der Waals surface area contributed by atoms with Gasteiger partial charge in [0.15, 0.2) is 0 Å². The maximum absolute atomic E-state index is 2.31. The summed E-state index contributed by atoms with van der Waals surface area (Å²) < 4.78 is 0. The summed E-state index contributed by atoms with van der Waals surface area (Å²) in [6.07, 6.45) is 3.61. The highest BCUT2D eigenvalue weighted by molar-refractivity contribution is 6.17. The fraction of sp³-hybridized carbons (Fsp3) is 0.139. The molecule has 0 bridgehead atoms. The molecule has 0 aromatic heterocycles. The monoisotopic (exact) mass is 1020 g/mol. The van der Waals surface area contributed by atoms with Crippen molar-refractivity contribution in [1.82, 2.24) is 0 Å². The minimum atomic E-state index is 1.16. The third kappa shape index (κ3) is 13.1. The molecule has 79 heavy (non-hydrogen) atoms. The van der Waals surface area contributed by atoms with Gasteiger partial charge in [-0.05, 0) is 152 Å². The summed E-state index contributed by atoms with van der Waals surface area (Å²) in [5.74, 6) is 0. The lowest BCUT2D eigenvalue weighted by atomic mass is 9.96. The molecule has 0 amide bonds. The normalized spacial score (nSPS) is 10.7. The van der Waals surface area contributed by atoms with E-state index in [2.05, 4.69) is 310 Å². The van der Waals surface area contributed by atoms with Gasteiger partial charge in [-0.3, -0.25) is 0 Å². The van der Waals surface area contributed by atoms with Gasteiger partial charge >= 0.3 is 0 Å². The molecule has 0 spiro atoms. The van der Waals surface area contributed by atoms with Gasteiger partial charge in [0.05, 0.1) is 0 Å². The number of benzene rings is 12. The Labute approximate surface area is 471 Å². The lowest BCUT2D eigenvalue weighted by molar-refractivity contribution is 0.930. The van der Waals surface area contributed by atoms with E-state index in [9.17, 15) is 0 Å². The van der Waals surface area contributed by atoms with Crippen molar-refractivity contribution in [2.24, 2.45) is 0 Å². The van der Waals surface area contributed by atoms with Crippen LogP contribution in [0.15, 0.2) is 267 Å². The second kappa shape index (κ2) is 26.5. The van der Waals surface area contributed by atoms with Crippen LogP contribution in [0, 0.1) is 34.6 Å². The van der Waals surface area contributed by atoms with Crippen LogP contribution < -0.4 is 0 Å². The summed E-state index contributed by atoms with van der Waals surface area (Å²) in [6.45, 7) is 17.1. The summed E-state index contributed by atoms with van der Waals surface area (Å²) in [5.41, 5.74) is 26.9. The Morgan fingerprint density at radius 2 is 0.570 bits per heavy atom. The molecule has 0 aliphatic heterocycles. The van der Waals surface area contributed by atoms with Gasteiger partial charge in [0.2, 0.25) is 0 Å². The molecule has 2 aliphatic carbocycles. The van der Waals surface area contributed by atoms with Gasteiger partial charge in [-0.25, -0.2) is 0 Å². The first-order valence-electron chi connectivity index (χ1n) is 28.3. The Kier molecular flexibility index (Phi) is 18.4. The number of aryl methyl sites for hydroxylation is 6. The van der Waals surface area contributed by atoms with E-state index < -0.39 is 0 Å². The molecule has 12 aromatic carbocycles. The molecule has 0 heteroatoms. The Hall–Kier alpha value is -8.84. The van der Waals surface area contributed by atoms with Crippen LogP contribution in [0.1, 0.15) is 67.0 Å². The lowest BCUT2D eigenvalue weighted by Gasteiger charge is -2.08. The first-order valence-corrected chi connectivity index (χ1v) is 28.3. The number of hydrogen-bond donors (Lipinski definition) is 0. The summed E-state index contributed by atoms with van der Waals surface area (Å²) in [4.78, 5) is 0. The van der Waals surface area contributed by atoms with Crippen LogP contribution in [-0.4, -0.2) is 0 Å².